The van der Waals surface area contributed by atoms with Crippen LogP contribution in [0.5, 0.6) is 0 Å². The zero-order valence-corrected chi connectivity index (χ0v) is 14.4. The van der Waals surface area contributed by atoms with Gasteiger partial charge >= 0.3 is 0 Å². The third-order valence-electron chi connectivity index (χ3n) is 4.75. The topological polar surface area (TPSA) is 92.4 Å². The maximum atomic E-state index is 12.9. The maximum absolute atomic E-state index is 12.9. The first-order valence-electron chi connectivity index (χ1n) is 8.08. The number of fused-ring (bicyclic) bond motifs is 2. The summed E-state index contributed by atoms with van der Waals surface area (Å²) < 4.78 is 33.6. The average molecular weight is 358 g/mol. The summed E-state index contributed by atoms with van der Waals surface area (Å²) >= 11 is 0. The van der Waals surface area contributed by atoms with E-state index in [-0.39, 0.29) is 0 Å². The Morgan fingerprint density at radius 3 is 2.76 bits per heavy atom. The van der Waals surface area contributed by atoms with E-state index >= 15 is 0 Å². The van der Waals surface area contributed by atoms with Crippen molar-refractivity contribution in [1.29, 1.82) is 0 Å². The summed E-state index contributed by atoms with van der Waals surface area (Å²) in [6, 6.07) is 14.0. The zero-order chi connectivity index (χ0) is 17.6. The Morgan fingerprint density at radius 2 is 1.92 bits per heavy atom. The van der Waals surface area contributed by atoms with Gasteiger partial charge in [0.2, 0.25) is 10.0 Å². The van der Waals surface area contributed by atoms with Gasteiger partial charge in [-0.05, 0) is 30.2 Å². The number of hydrogen-bond donors (Lipinski definition) is 2. The molecule has 25 heavy (non-hydrogen) atoms. The van der Waals surface area contributed by atoms with Gasteiger partial charge in [0.25, 0.3) is 0 Å². The fourth-order valence-electron chi connectivity index (χ4n) is 3.34. The van der Waals surface area contributed by atoms with Crippen LogP contribution in [0, 0.1) is 0 Å². The Bertz CT molecular complexity index is 1030. The second-order valence-corrected chi connectivity index (χ2v) is 8.35. The van der Waals surface area contributed by atoms with Gasteiger partial charge in [0.1, 0.15) is 10.9 Å². The summed E-state index contributed by atoms with van der Waals surface area (Å²) in [6.07, 6.45) is -0.349. The van der Waals surface area contributed by atoms with Crippen molar-refractivity contribution in [3.8, 4) is 0 Å². The van der Waals surface area contributed by atoms with Gasteiger partial charge in [-0.2, -0.15) is 0 Å². The molecule has 1 heterocycles. The van der Waals surface area contributed by atoms with Crippen molar-refractivity contribution < 1.29 is 18.0 Å². The van der Waals surface area contributed by atoms with E-state index in [9.17, 15) is 13.5 Å². The van der Waals surface area contributed by atoms with E-state index in [0.717, 1.165) is 11.1 Å². The first kappa shape index (κ1) is 16.3. The van der Waals surface area contributed by atoms with Crippen LogP contribution in [-0.4, -0.2) is 24.8 Å². The minimum absolute atomic E-state index is 0.365. The largest absolute Gasteiger partial charge is 0.391 e. The van der Waals surface area contributed by atoms with Crippen LogP contribution in [0.15, 0.2) is 53.1 Å². The molecule has 0 aliphatic heterocycles. The molecule has 4 rings (SSSR count). The Hall–Kier alpha value is -2.22. The summed E-state index contributed by atoms with van der Waals surface area (Å²) in [7, 11) is -3.77. The average Bonchev–Trinajstić information content (AvgIpc) is 3.16. The molecule has 130 valence electrons. The minimum atomic E-state index is -3.77. The molecule has 0 amide bonds. The molecular formula is C18H18N2O4S. The first-order chi connectivity index (χ1) is 12.0. The van der Waals surface area contributed by atoms with E-state index < -0.39 is 27.4 Å². The highest BCUT2D eigenvalue weighted by molar-refractivity contribution is 7.89. The van der Waals surface area contributed by atoms with Crippen LogP contribution in [0.2, 0.25) is 0 Å². The summed E-state index contributed by atoms with van der Waals surface area (Å²) in [6.45, 7) is 1.57. The van der Waals surface area contributed by atoms with Gasteiger partial charge in [-0.25, -0.2) is 13.1 Å². The van der Waals surface area contributed by atoms with Gasteiger partial charge < -0.3 is 9.63 Å². The fraction of sp³-hybridized carbons (Fsp3) is 0.278. The third kappa shape index (κ3) is 2.74. The maximum Gasteiger partial charge on any atom is 0.220 e. The van der Waals surface area contributed by atoms with Crippen molar-refractivity contribution in [3.63, 3.8) is 0 Å². The lowest BCUT2D eigenvalue weighted by Crippen LogP contribution is -2.36. The zero-order valence-electron chi connectivity index (χ0n) is 13.6. The van der Waals surface area contributed by atoms with Crippen molar-refractivity contribution >= 4 is 21.0 Å². The Morgan fingerprint density at radius 1 is 1.20 bits per heavy atom. The molecule has 1 aliphatic rings. The Balaban J connectivity index is 1.66. The monoisotopic (exact) mass is 358 g/mol. The van der Waals surface area contributed by atoms with Gasteiger partial charge in [0, 0.05) is 11.8 Å². The molecule has 3 aromatic rings. The molecule has 0 saturated carbocycles. The molecule has 1 aliphatic carbocycles. The molecule has 6 nitrogen and oxygen atoms in total. The smallest absolute Gasteiger partial charge is 0.220 e. The summed E-state index contributed by atoms with van der Waals surface area (Å²) in [5.74, 6) is 0. The van der Waals surface area contributed by atoms with Crippen LogP contribution >= 0.6 is 0 Å². The third-order valence-corrected chi connectivity index (χ3v) is 6.49. The van der Waals surface area contributed by atoms with E-state index in [0.29, 0.717) is 23.1 Å². The number of rotatable bonds is 4. The second kappa shape index (κ2) is 5.94. The fourth-order valence-corrected chi connectivity index (χ4v) is 4.65. The molecule has 2 N–H and O–H groups in total. The molecule has 2 aromatic carbocycles. The lowest BCUT2D eigenvalue weighted by molar-refractivity contribution is 0.151. The number of hydrogen-bond acceptors (Lipinski definition) is 5. The number of aliphatic hydroxyl groups is 1. The number of sulfonamides is 1. The molecule has 0 radical (unpaired) electrons. The summed E-state index contributed by atoms with van der Waals surface area (Å²) in [5, 5.41) is 14.0. The first-order valence-corrected chi connectivity index (χ1v) is 9.63. The SMILES string of the molecule is C[C@H](c1noc2ccccc12)S(=O)(=O)N[C@H]1c2ccccc2C[C@@H]1O. The molecule has 0 fully saturated rings. The van der Waals surface area contributed by atoms with E-state index in [1.54, 1.807) is 25.1 Å². The summed E-state index contributed by atoms with van der Waals surface area (Å²) in [5.41, 5.74) is 2.69. The van der Waals surface area contributed by atoms with Gasteiger partial charge in [0.05, 0.1) is 12.1 Å². The van der Waals surface area contributed by atoms with Crippen molar-refractivity contribution in [2.45, 2.75) is 30.7 Å². The Kier molecular flexibility index (Phi) is 3.87. The van der Waals surface area contributed by atoms with Crippen molar-refractivity contribution in [3.05, 3.63) is 65.4 Å². The number of para-hydroxylation sites is 1. The van der Waals surface area contributed by atoms with Crippen LogP contribution in [0.1, 0.15) is 35.0 Å². The minimum Gasteiger partial charge on any atom is -0.391 e. The number of aromatic nitrogens is 1. The van der Waals surface area contributed by atoms with E-state index in [1.165, 1.54) is 0 Å². The van der Waals surface area contributed by atoms with Gasteiger partial charge in [0.15, 0.2) is 5.58 Å². The lowest BCUT2D eigenvalue weighted by atomic mass is 10.1. The molecular weight excluding hydrogens is 340 g/mol. The molecule has 0 unspecified atom stereocenters. The molecule has 0 bridgehead atoms. The molecule has 3 atom stereocenters. The predicted molar refractivity (Wildman–Crippen MR) is 93.4 cm³/mol. The quantitative estimate of drug-likeness (QED) is 0.747. The van der Waals surface area contributed by atoms with Gasteiger partial charge in [-0.3, -0.25) is 0 Å². The van der Waals surface area contributed by atoms with Gasteiger partial charge in [-0.1, -0.05) is 41.6 Å². The van der Waals surface area contributed by atoms with Crippen molar-refractivity contribution in [1.82, 2.24) is 9.88 Å². The molecule has 0 spiro atoms. The Labute approximate surface area is 145 Å². The van der Waals surface area contributed by atoms with E-state index in [4.69, 9.17) is 4.52 Å². The normalized spacial score (nSPS) is 21.4. The number of nitrogens with one attached hydrogen (secondary N) is 1. The highest BCUT2D eigenvalue weighted by Gasteiger charge is 2.37. The van der Waals surface area contributed by atoms with Crippen molar-refractivity contribution in [2.75, 3.05) is 0 Å². The van der Waals surface area contributed by atoms with E-state index in [1.807, 2.05) is 30.3 Å². The molecule has 0 saturated heterocycles. The number of benzene rings is 2. The number of nitrogens with zero attached hydrogens (tertiary/aromatic N) is 1. The van der Waals surface area contributed by atoms with Crippen molar-refractivity contribution in [2.24, 2.45) is 0 Å². The van der Waals surface area contributed by atoms with Crippen LogP contribution in [-0.2, 0) is 16.4 Å². The highest BCUT2D eigenvalue weighted by Crippen LogP contribution is 2.34. The predicted octanol–water partition coefficient (Wildman–Crippen LogP) is 2.47. The van der Waals surface area contributed by atoms with Crippen LogP contribution < -0.4 is 4.72 Å². The highest BCUT2D eigenvalue weighted by atomic mass is 32.2. The van der Waals surface area contributed by atoms with Crippen LogP contribution in [0.4, 0.5) is 0 Å². The van der Waals surface area contributed by atoms with E-state index in [2.05, 4.69) is 9.88 Å². The van der Waals surface area contributed by atoms with Crippen LogP contribution in [0.3, 0.4) is 0 Å². The molecule has 1 aromatic heterocycles. The van der Waals surface area contributed by atoms with Gasteiger partial charge in [-0.15, -0.1) is 0 Å². The molecule has 7 heteroatoms. The number of aliphatic hydroxyl groups excluding tert-OH is 1. The standard InChI is InChI=1S/C18H18N2O4S/c1-11(17-14-8-4-5-9-16(14)24-19-17)25(22,23)20-18-13-7-3-2-6-12(13)10-15(18)21/h2-9,11,15,18,20-21H,10H2,1H3/t11-,15+,18+/m1/s1. The lowest BCUT2D eigenvalue weighted by Gasteiger charge is -2.20. The van der Waals surface area contributed by atoms with Crippen LogP contribution in [0.25, 0.3) is 11.0 Å². The summed E-state index contributed by atoms with van der Waals surface area (Å²) in [4.78, 5) is 0. The second-order valence-electron chi connectivity index (χ2n) is 6.32.